The first-order valence-corrected chi connectivity index (χ1v) is 7.28. The average Bonchev–Trinajstić information content (AvgIpc) is 2.90. The van der Waals surface area contributed by atoms with Gasteiger partial charge in [0.15, 0.2) is 0 Å². The maximum Gasteiger partial charge on any atom is 0.245 e. The van der Waals surface area contributed by atoms with Crippen molar-refractivity contribution in [2.45, 2.75) is 25.9 Å². The van der Waals surface area contributed by atoms with Gasteiger partial charge in [-0.05, 0) is 24.1 Å². The molecule has 0 bridgehead atoms. The zero-order valence-corrected chi connectivity index (χ0v) is 12.5. The van der Waals surface area contributed by atoms with E-state index in [4.69, 9.17) is 0 Å². The molecule has 1 heterocycles. The summed E-state index contributed by atoms with van der Waals surface area (Å²) in [4.78, 5) is 14.4. The number of anilines is 1. The van der Waals surface area contributed by atoms with Gasteiger partial charge in [0.25, 0.3) is 0 Å². The molecule has 1 aliphatic heterocycles. The molecule has 0 spiro atoms. The summed E-state index contributed by atoms with van der Waals surface area (Å²) in [6.07, 6.45) is 0.771. The van der Waals surface area contributed by atoms with Crippen LogP contribution < -0.4 is 5.32 Å². The van der Waals surface area contributed by atoms with E-state index in [2.05, 4.69) is 36.5 Å². The molecule has 0 aliphatic carbocycles. The number of hydrogen-bond acceptors (Lipinski definition) is 2. The van der Waals surface area contributed by atoms with Crippen LogP contribution in [0.5, 0.6) is 0 Å². The van der Waals surface area contributed by atoms with Crippen LogP contribution in [0.4, 0.5) is 5.69 Å². The second-order valence-electron chi connectivity index (χ2n) is 5.74. The van der Waals surface area contributed by atoms with E-state index in [-0.39, 0.29) is 11.9 Å². The molecule has 2 aromatic rings. The summed E-state index contributed by atoms with van der Waals surface area (Å²) in [5, 5.41) is 3.32. The Morgan fingerprint density at radius 2 is 2.05 bits per heavy atom. The predicted molar refractivity (Wildman–Crippen MR) is 85.2 cm³/mol. The molecule has 1 unspecified atom stereocenters. The maximum atomic E-state index is 12.6. The average molecular weight is 280 g/mol. The molecule has 21 heavy (non-hydrogen) atoms. The molecule has 0 fully saturated rings. The van der Waals surface area contributed by atoms with Crippen LogP contribution in [0.2, 0.25) is 0 Å². The smallest absolute Gasteiger partial charge is 0.245 e. The van der Waals surface area contributed by atoms with Crippen molar-refractivity contribution in [3.8, 4) is 0 Å². The molecule has 1 amide bonds. The Balaban J connectivity index is 1.66. The van der Waals surface area contributed by atoms with Gasteiger partial charge in [0.2, 0.25) is 5.91 Å². The van der Waals surface area contributed by atoms with Gasteiger partial charge >= 0.3 is 0 Å². The molecule has 1 N–H and O–H groups in total. The Morgan fingerprint density at radius 1 is 1.24 bits per heavy atom. The minimum atomic E-state index is -0.141. The van der Waals surface area contributed by atoms with Crippen LogP contribution in [0.15, 0.2) is 48.5 Å². The summed E-state index contributed by atoms with van der Waals surface area (Å²) < 4.78 is 0. The summed E-state index contributed by atoms with van der Waals surface area (Å²) >= 11 is 0. The molecule has 2 aromatic carbocycles. The monoisotopic (exact) mass is 280 g/mol. The van der Waals surface area contributed by atoms with Crippen molar-refractivity contribution < 1.29 is 4.79 Å². The highest BCUT2D eigenvalue weighted by Gasteiger charge is 2.28. The van der Waals surface area contributed by atoms with Crippen LogP contribution in [0.25, 0.3) is 0 Å². The van der Waals surface area contributed by atoms with Gasteiger partial charge in [0.05, 0.1) is 0 Å². The van der Waals surface area contributed by atoms with Crippen LogP contribution in [0.1, 0.15) is 16.7 Å². The lowest BCUT2D eigenvalue weighted by molar-refractivity contribution is -0.131. The molecule has 108 valence electrons. The zero-order chi connectivity index (χ0) is 14.8. The van der Waals surface area contributed by atoms with Gasteiger partial charge in [-0.25, -0.2) is 0 Å². The number of nitrogens with zero attached hydrogens (tertiary/aromatic N) is 1. The zero-order valence-electron chi connectivity index (χ0n) is 12.5. The van der Waals surface area contributed by atoms with E-state index in [1.807, 2.05) is 31.3 Å². The molecule has 1 aliphatic rings. The third-order valence-corrected chi connectivity index (χ3v) is 3.95. The summed E-state index contributed by atoms with van der Waals surface area (Å²) in [5.74, 6) is 0.146. The Hall–Kier alpha value is -2.29. The summed E-state index contributed by atoms with van der Waals surface area (Å²) in [7, 11) is 1.87. The normalized spacial score (nSPS) is 16.2. The Kier molecular flexibility index (Phi) is 3.65. The number of likely N-dealkylation sites (N-methyl/N-ethyl adjacent to an activating group) is 1. The Morgan fingerprint density at radius 3 is 2.81 bits per heavy atom. The molecule has 3 nitrogen and oxygen atoms in total. The fraction of sp³-hybridized carbons (Fsp3) is 0.278. The van der Waals surface area contributed by atoms with Gasteiger partial charge < -0.3 is 10.2 Å². The number of aryl methyl sites for hydroxylation is 1. The molecule has 0 radical (unpaired) electrons. The first-order chi connectivity index (χ1) is 10.1. The van der Waals surface area contributed by atoms with Crippen molar-refractivity contribution in [1.29, 1.82) is 0 Å². The van der Waals surface area contributed by atoms with Gasteiger partial charge in [0, 0.05) is 25.7 Å². The highest BCUT2D eigenvalue weighted by atomic mass is 16.2. The summed E-state index contributed by atoms with van der Waals surface area (Å²) in [6.45, 7) is 2.72. The van der Waals surface area contributed by atoms with E-state index in [1.54, 1.807) is 4.90 Å². The van der Waals surface area contributed by atoms with Crippen LogP contribution in [0.3, 0.4) is 0 Å². The van der Waals surface area contributed by atoms with E-state index < -0.39 is 0 Å². The van der Waals surface area contributed by atoms with Crippen LogP contribution in [-0.2, 0) is 17.8 Å². The molecule has 1 atom stereocenters. The number of benzene rings is 2. The highest BCUT2D eigenvalue weighted by molar-refractivity contribution is 5.87. The lowest BCUT2D eigenvalue weighted by atomic mass is 10.1. The highest BCUT2D eigenvalue weighted by Crippen LogP contribution is 2.26. The Labute approximate surface area is 125 Å². The number of hydrogen-bond donors (Lipinski definition) is 1. The molecular weight excluding hydrogens is 260 g/mol. The van der Waals surface area contributed by atoms with Crippen LogP contribution in [0, 0.1) is 6.92 Å². The fourth-order valence-electron chi connectivity index (χ4n) is 2.88. The molecule has 0 saturated carbocycles. The number of para-hydroxylation sites is 1. The third-order valence-electron chi connectivity index (χ3n) is 3.95. The minimum absolute atomic E-state index is 0.141. The van der Waals surface area contributed by atoms with Crippen molar-refractivity contribution in [3.63, 3.8) is 0 Å². The van der Waals surface area contributed by atoms with Gasteiger partial charge in [-0.1, -0.05) is 48.0 Å². The topological polar surface area (TPSA) is 32.3 Å². The van der Waals surface area contributed by atoms with Crippen molar-refractivity contribution in [2.75, 3.05) is 12.4 Å². The van der Waals surface area contributed by atoms with E-state index in [0.717, 1.165) is 12.1 Å². The summed E-state index contributed by atoms with van der Waals surface area (Å²) in [5.41, 5.74) is 4.70. The van der Waals surface area contributed by atoms with Crippen molar-refractivity contribution in [2.24, 2.45) is 0 Å². The Bertz CT molecular complexity index is 641. The number of rotatable bonds is 3. The van der Waals surface area contributed by atoms with E-state index in [0.29, 0.717) is 6.54 Å². The van der Waals surface area contributed by atoms with Crippen LogP contribution in [-0.4, -0.2) is 23.9 Å². The van der Waals surface area contributed by atoms with Gasteiger partial charge in [0.1, 0.15) is 6.04 Å². The number of carbonyl (C=O) groups excluding carboxylic acids is 1. The molecule has 0 saturated heterocycles. The first-order valence-electron chi connectivity index (χ1n) is 7.28. The molecule has 3 rings (SSSR count). The molecular formula is C18H20N2O. The van der Waals surface area contributed by atoms with Crippen LogP contribution >= 0.6 is 0 Å². The van der Waals surface area contributed by atoms with Crippen molar-refractivity contribution >= 4 is 11.6 Å². The fourth-order valence-corrected chi connectivity index (χ4v) is 2.88. The number of nitrogens with one attached hydrogen (secondary N) is 1. The quantitative estimate of drug-likeness (QED) is 0.937. The first kappa shape index (κ1) is 13.7. The SMILES string of the molecule is Cc1cccc(CN(C)C(=O)C2Cc3ccccc3N2)c1. The second-order valence-corrected chi connectivity index (χ2v) is 5.74. The van der Waals surface area contributed by atoms with Crippen molar-refractivity contribution in [3.05, 3.63) is 65.2 Å². The van der Waals surface area contributed by atoms with Crippen molar-refractivity contribution in [1.82, 2.24) is 4.90 Å². The van der Waals surface area contributed by atoms with E-state index in [1.165, 1.54) is 16.7 Å². The molecule has 0 aromatic heterocycles. The largest absolute Gasteiger partial charge is 0.373 e. The second kappa shape index (κ2) is 5.60. The maximum absolute atomic E-state index is 12.6. The lowest BCUT2D eigenvalue weighted by Crippen LogP contribution is -2.39. The number of amides is 1. The van der Waals surface area contributed by atoms with Gasteiger partial charge in [-0.15, -0.1) is 0 Å². The van der Waals surface area contributed by atoms with Gasteiger partial charge in [-0.3, -0.25) is 4.79 Å². The third kappa shape index (κ3) is 2.92. The minimum Gasteiger partial charge on any atom is -0.373 e. The molecule has 3 heteroatoms. The standard InChI is InChI=1S/C18H20N2O/c1-13-6-5-7-14(10-13)12-20(2)18(21)17-11-15-8-3-4-9-16(15)19-17/h3-10,17,19H,11-12H2,1-2H3. The van der Waals surface area contributed by atoms with E-state index in [9.17, 15) is 4.79 Å². The number of carbonyl (C=O) groups is 1. The van der Waals surface area contributed by atoms with E-state index >= 15 is 0 Å². The summed E-state index contributed by atoms with van der Waals surface area (Å²) in [6, 6.07) is 16.3. The lowest BCUT2D eigenvalue weighted by Gasteiger charge is -2.21. The van der Waals surface area contributed by atoms with Gasteiger partial charge in [-0.2, -0.15) is 0 Å². The predicted octanol–water partition coefficient (Wildman–Crippen LogP) is 2.99. The number of fused-ring (bicyclic) bond motifs is 1.